The number of nitrogens with zero attached hydrogens (tertiary/aromatic N) is 1. The van der Waals surface area contributed by atoms with Crippen molar-refractivity contribution in [3.63, 3.8) is 0 Å². The van der Waals surface area contributed by atoms with Crippen molar-refractivity contribution < 1.29 is 0 Å². The summed E-state index contributed by atoms with van der Waals surface area (Å²) in [6, 6.07) is 9.28. The third kappa shape index (κ3) is 2.04. The highest BCUT2D eigenvalue weighted by Crippen LogP contribution is 2.37. The van der Waals surface area contributed by atoms with E-state index in [9.17, 15) is 0 Å². The summed E-state index contributed by atoms with van der Waals surface area (Å²) < 4.78 is 1.10. The van der Waals surface area contributed by atoms with Gasteiger partial charge in [-0.1, -0.05) is 28.4 Å². The van der Waals surface area contributed by atoms with Crippen LogP contribution in [0.1, 0.15) is 31.2 Å². The number of nitrogens with one attached hydrogen (secondary N) is 1. The third-order valence-electron chi connectivity index (χ3n) is 4.62. The Balaban J connectivity index is 1.72. The maximum Gasteiger partial charge on any atom is 0.130 e. The Kier molecular flexibility index (Phi) is 2.76. The van der Waals surface area contributed by atoms with Gasteiger partial charge in [-0.3, -0.25) is 0 Å². The molecule has 1 N–H and O–H groups in total. The highest BCUT2D eigenvalue weighted by molar-refractivity contribution is 9.10. The number of hydrogen-bond acceptors (Lipinski definition) is 2. The van der Waals surface area contributed by atoms with Crippen molar-refractivity contribution in [2.75, 3.05) is 5.32 Å². The van der Waals surface area contributed by atoms with Gasteiger partial charge in [0.15, 0.2) is 0 Å². The summed E-state index contributed by atoms with van der Waals surface area (Å²) >= 11 is 3.52. The smallest absolute Gasteiger partial charge is 0.130 e. The van der Waals surface area contributed by atoms with Gasteiger partial charge >= 0.3 is 0 Å². The highest BCUT2D eigenvalue weighted by Gasteiger charge is 2.30. The monoisotopic (exact) mass is 316 g/mol. The van der Waals surface area contributed by atoms with Gasteiger partial charge in [-0.05, 0) is 55.4 Å². The molecule has 98 valence electrons. The maximum absolute atomic E-state index is 4.83. The average molecular weight is 317 g/mol. The second-order valence-corrected chi connectivity index (χ2v) is 6.73. The topological polar surface area (TPSA) is 24.9 Å². The van der Waals surface area contributed by atoms with E-state index in [4.69, 9.17) is 4.98 Å². The van der Waals surface area contributed by atoms with E-state index in [1.165, 1.54) is 43.1 Å². The number of halogens is 1. The predicted octanol–water partition coefficient (Wildman–Crippen LogP) is 4.52. The van der Waals surface area contributed by atoms with E-state index in [0.29, 0.717) is 6.04 Å². The van der Waals surface area contributed by atoms with Gasteiger partial charge in [0.25, 0.3) is 0 Å². The minimum absolute atomic E-state index is 0.651. The van der Waals surface area contributed by atoms with Crippen molar-refractivity contribution >= 4 is 32.7 Å². The number of anilines is 1. The van der Waals surface area contributed by atoms with E-state index in [1.54, 1.807) is 0 Å². The van der Waals surface area contributed by atoms with Crippen LogP contribution < -0.4 is 5.32 Å². The third-order valence-corrected chi connectivity index (χ3v) is 5.12. The fourth-order valence-electron chi connectivity index (χ4n) is 3.25. The number of pyridine rings is 1. The molecule has 1 aliphatic carbocycles. The number of fused-ring (bicyclic) bond motifs is 2. The van der Waals surface area contributed by atoms with Crippen LogP contribution in [0.5, 0.6) is 0 Å². The van der Waals surface area contributed by atoms with Crippen molar-refractivity contribution in [2.45, 2.75) is 38.1 Å². The molecule has 1 saturated carbocycles. The molecule has 0 saturated heterocycles. The van der Waals surface area contributed by atoms with Crippen LogP contribution >= 0.6 is 15.9 Å². The Morgan fingerprint density at radius 2 is 2.05 bits per heavy atom. The molecule has 0 bridgehead atoms. The lowest BCUT2D eigenvalue weighted by Gasteiger charge is -2.37. The lowest BCUT2D eigenvalue weighted by molar-refractivity contribution is 0.262. The Morgan fingerprint density at radius 1 is 1.16 bits per heavy atom. The van der Waals surface area contributed by atoms with Crippen LogP contribution in [0.2, 0.25) is 0 Å². The summed E-state index contributed by atoms with van der Waals surface area (Å²) in [6.07, 6.45) is 6.63. The van der Waals surface area contributed by atoms with Crippen LogP contribution in [0, 0.1) is 5.92 Å². The molecule has 2 heterocycles. The lowest BCUT2D eigenvalue weighted by atomic mass is 9.77. The molecule has 0 radical (unpaired) electrons. The summed E-state index contributed by atoms with van der Waals surface area (Å²) in [4.78, 5) is 4.83. The standard InChI is InChI=1S/C16H17BrN2/c17-13-6-4-11-8-12-5-7-14(10-2-1-3-10)18-16(12)19-15(11)9-13/h4,6,8-10,14H,1-3,5,7H2,(H,18,19)/t14-/m0/s1. The zero-order valence-corrected chi connectivity index (χ0v) is 12.4. The van der Waals surface area contributed by atoms with Crippen molar-refractivity contribution in [2.24, 2.45) is 5.92 Å². The first-order valence-electron chi connectivity index (χ1n) is 7.15. The Labute approximate surface area is 121 Å². The lowest BCUT2D eigenvalue weighted by Crippen LogP contribution is -2.37. The predicted molar refractivity (Wildman–Crippen MR) is 82.5 cm³/mol. The van der Waals surface area contributed by atoms with Gasteiger partial charge < -0.3 is 5.32 Å². The number of hydrogen-bond donors (Lipinski definition) is 1. The Morgan fingerprint density at radius 3 is 2.84 bits per heavy atom. The zero-order valence-electron chi connectivity index (χ0n) is 10.8. The van der Waals surface area contributed by atoms with Crippen LogP contribution in [0.15, 0.2) is 28.7 Å². The van der Waals surface area contributed by atoms with Gasteiger partial charge in [0, 0.05) is 15.9 Å². The first-order valence-corrected chi connectivity index (χ1v) is 7.94. The minimum atomic E-state index is 0.651. The maximum atomic E-state index is 4.83. The zero-order chi connectivity index (χ0) is 12.8. The quantitative estimate of drug-likeness (QED) is 0.836. The molecule has 0 spiro atoms. The molecule has 1 aromatic heterocycles. The number of aryl methyl sites for hydroxylation is 1. The fourth-order valence-corrected chi connectivity index (χ4v) is 3.60. The molecular weight excluding hydrogens is 300 g/mol. The molecule has 2 nitrogen and oxygen atoms in total. The molecule has 1 aromatic carbocycles. The summed E-state index contributed by atoms with van der Waals surface area (Å²) in [7, 11) is 0. The van der Waals surface area contributed by atoms with Crippen molar-refractivity contribution in [3.05, 3.63) is 34.3 Å². The van der Waals surface area contributed by atoms with Gasteiger partial charge in [0.1, 0.15) is 5.82 Å². The molecular formula is C16H17BrN2. The number of aromatic nitrogens is 1. The average Bonchev–Trinajstić information content (AvgIpc) is 2.34. The molecule has 1 aliphatic heterocycles. The van der Waals surface area contributed by atoms with E-state index in [-0.39, 0.29) is 0 Å². The SMILES string of the molecule is Brc1ccc2cc3c(nc2c1)N[C@H](C1CCC1)CC3. The van der Waals surface area contributed by atoms with E-state index in [2.05, 4.69) is 45.5 Å². The first kappa shape index (κ1) is 11.7. The first-order chi connectivity index (χ1) is 9.29. The van der Waals surface area contributed by atoms with E-state index < -0.39 is 0 Å². The van der Waals surface area contributed by atoms with E-state index >= 15 is 0 Å². The fraction of sp³-hybridized carbons (Fsp3) is 0.438. The second-order valence-electron chi connectivity index (χ2n) is 5.81. The van der Waals surface area contributed by atoms with Crippen LogP contribution in [-0.2, 0) is 6.42 Å². The van der Waals surface area contributed by atoms with Crippen LogP contribution in [0.3, 0.4) is 0 Å². The van der Waals surface area contributed by atoms with Crippen molar-refractivity contribution in [1.82, 2.24) is 4.98 Å². The summed E-state index contributed by atoms with van der Waals surface area (Å²) in [5.74, 6) is 2.00. The summed E-state index contributed by atoms with van der Waals surface area (Å²) in [6.45, 7) is 0. The normalized spacial score (nSPS) is 22.7. The highest BCUT2D eigenvalue weighted by atomic mass is 79.9. The van der Waals surface area contributed by atoms with Gasteiger partial charge in [0.05, 0.1) is 5.52 Å². The Bertz CT molecular complexity index is 634. The van der Waals surface area contributed by atoms with E-state index in [0.717, 1.165) is 21.7 Å². The molecule has 0 unspecified atom stereocenters. The van der Waals surface area contributed by atoms with Gasteiger partial charge in [-0.15, -0.1) is 0 Å². The molecule has 2 aromatic rings. The van der Waals surface area contributed by atoms with Crippen molar-refractivity contribution in [1.29, 1.82) is 0 Å². The van der Waals surface area contributed by atoms with Gasteiger partial charge in [-0.2, -0.15) is 0 Å². The second kappa shape index (κ2) is 4.48. The number of benzene rings is 1. The molecule has 0 amide bonds. The van der Waals surface area contributed by atoms with Gasteiger partial charge in [0.2, 0.25) is 0 Å². The summed E-state index contributed by atoms with van der Waals surface area (Å²) in [5.41, 5.74) is 2.46. The van der Waals surface area contributed by atoms with Crippen molar-refractivity contribution in [3.8, 4) is 0 Å². The van der Waals surface area contributed by atoms with Crippen LogP contribution in [0.4, 0.5) is 5.82 Å². The van der Waals surface area contributed by atoms with Gasteiger partial charge in [-0.25, -0.2) is 4.98 Å². The Hall–Kier alpha value is -1.09. The number of rotatable bonds is 1. The molecule has 4 rings (SSSR count). The van der Waals surface area contributed by atoms with Crippen LogP contribution in [0.25, 0.3) is 10.9 Å². The van der Waals surface area contributed by atoms with Crippen LogP contribution in [-0.4, -0.2) is 11.0 Å². The molecule has 19 heavy (non-hydrogen) atoms. The molecule has 3 heteroatoms. The molecule has 1 atom stereocenters. The minimum Gasteiger partial charge on any atom is -0.367 e. The largest absolute Gasteiger partial charge is 0.367 e. The summed E-state index contributed by atoms with van der Waals surface area (Å²) in [5, 5.41) is 4.93. The van der Waals surface area contributed by atoms with E-state index in [1.807, 2.05) is 0 Å². The molecule has 1 fully saturated rings. The molecule has 2 aliphatic rings.